The summed E-state index contributed by atoms with van der Waals surface area (Å²) < 4.78 is 47.1. The van der Waals surface area contributed by atoms with E-state index in [1.165, 1.54) is 18.6 Å². The molecule has 11 heteroatoms. The summed E-state index contributed by atoms with van der Waals surface area (Å²) >= 11 is 7.06. The van der Waals surface area contributed by atoms with E-state index in [-0.39, 0.29) is 11.1 Å². The number of alkyl halides is 3. The summed E-state index contributed by atoms with van der Waals surface area (Å²) in [5, 5.41) is 13.4. The van der Waals surface area contributed by atoms with E-state index < -0.39 is 17.5 Å². The minimum absolute atomic E-state index is 0.155. The number of halogens is 4. The van der Waals surface area contributed by atoms with Crippen LogP contribution in [0.3, 0.4) is 0 Å². The number of pyridine rings is 2. The van der Waals surface area contributed by atoms with Gasteiger partial charge in [-0.05, 0) is 89.2 Å². The van der Waals surface area contributed by atoms with Crippen molar-refractivity contribution in [3.05, 3.63) is 82.2 Å². The third-order valence-corrected chi connectivity index (χ3v) is 9.05. The molecule has 1 saturated heterocycles. The highest BCUT2D eigenvalue weighted by Gasteiger charge is 2.39. The van der Waals surface area contributed by atoms with Gasteiger partial charge in [-0.3, -0.25) is 9.88 Å². The Bertz CT molecular complexity index is 1590. The predicted octanol–water partition coefficient (Wildman–Crippen LogP) is 6.77. The van der Waals surface area contributed by atoms with Crippen molar-refractivity contribution in [1.82, 2.24) is 24.4 Å². The normalized spacial score (nSPS) is 16.9. The molecule has 7 nitrogen and oxygen atoms in total. The Morgan fingerprint density at radius 1 is 1.05 bits per heavy atom. The summed E-state index contributed by atoms with van der Waals surface area (Å²) in [6, 6.07) is 7.24. The lowest BCUT2D eigenvalue weighted by Crippen LogP contribution is -2.46. The molecule has 1 aromatic carbocycles. The first kappa shape index (κ1) is 31.2. The Morgan fingerprint density at radius 3 is 2.30 bits per heavy atom. The number of fused-ring (bicyclic) bond motifs is 1. The number of imidazole rings is 1. The Morgan fingerprint density at radius 2 is 1.74 bits per heavy atom. The van der Waals surface area contributed by atoms with E-state index in [4.69, 9.17) is 21.3 Å². The molecule has 0 spiro atoms. The number of hydrogen-bond acceptors (Lipinski definition) is 6. The van der Waals surface area contributed by atoms with E-state index in [0.717, 1.165) is 50.2 Å². The van der Waals surface area contributed by atoms with Crippen LogP contribution in [-0.4, -0.2) is 55.3 Å². The van der Waals surface area contributed by atoms with Gasteiger partial charge in [-0.1, -0.05) is 23.7 Å². The number of benzene rings is 1. The molecule has 1 aliphatic heterocycles. The third kappa shape index (κ3) is 6.10. The molecule has 1 unspecified atom stereocenters. The Balaban J connectivity index is 1.52. The number of hydrogen-bond donors (Lipinski definition) is 1. The van der Waals surface area contributed by atoms with Gasteiger partial charge in [0.25, 0.3) is 0 Å². The van der Waals surface area contributed by atoms with Gasteiger partial charge in [0.1, 0.15) is 5.69 Å². The lowest BCUT2D eigenvalue weighted by atomic mass is 9.83. The maximum atomic E-state index is 13.3. The highest BCUT2D eigenvalue weighted by Crippen LogP contribution is 2.41. The molecule has 1 atom stereocenters. The third-order valence-electron chi connectivity index (χ3n) is 8.61. The first-order valence-corrected chi connectivity index (χ1v) is 14.8. The van der Waals surface area contributed by atoms with Crippen molar-refractivity contribution in [3.63, 3.8) is 0 Å². The van der Waals surface area contributed by atoms with Crippen molar-refractivity contribution in [1.29, 1.82) is 0 Å². The number of rotatable bonds is 7. The van der Waals surface area contributed by atoms with E-state index >= 15 is 0 Å². The maximum absolute atomic E-state index is 13.3. The van der Waals surface area contributed by atoms with Gasteiger partial charge >= 0.3 is 6.18 Å². The quantitative estimate of drug-likeness (QED) is 0.247. The zero-order valence-electron chi connectivity index (χ0n) is 25.0. The number of aromatic nitrogens is 4. The molecule has 43 heavy (non-hydrogen) atoms. The van der Waals surface area contributed by atoms with Crippen molar-refractivity contribution < 1.29 is 23.0 Å². The zero-order chi connectivity index (χ0) is 31.2. The van der Waals surface area contributed by atoms with E-state index in [2.05, 4.69) is 35.6 Å². The first-order chi connectivity index (χ1) is 20.2. The number of aliphatic hydroxyl groups is 1. The molecule has 1 fully saturated rings. The largest absolute Gasteiger partial charge is 0.481 e. The van der Waals surface area contributed by atoms with Crippen molar-refractivity contribution in [2.24, 2.45) is 13.0 Å². The van der Waals surface area contributed by atoms with Crippen LogP contribution in [-0.2, 0) is 25.2 Å². The number of aryl methyl sites for hydroxylation is 1. The van der Waals surface area contributed by atoms with Crippen LogP contribution in [0.25, 0.3) is 10.9 Å². The molecular weight excluding hydrogens is 579 g/mol. The fourth-order valence-electron chi connectivity index (χ4n) is 6.04. The van der Waals surface area contributed by atoms with Gasteiger partial charge in [0, 0.05) is 35.3 Å². The Labute approximate surface area is 254 Å². The van der Waals surface area contributed by atoms with Crippen molar-refractivity contribution in [2.45, 2.75) is 63.8 Å². The summed E-state index contributed by atoms with van der Waals surface area (Å²) in [4.78, 5) is 15.0. The first-order valence-electron chi connectivity index (χ1n) is 14.4. The predicted molar refractivity (Wildman–Crippen MR) is 160 cm³/mol. The van der Waals surface area contributed by atoms with Gasteiger partial charge < -0.3 is 14.4 Å². The molecule has 4 aromatic rings. The zero-order valence-corrected chi connectivity index (χ0v) is 25.8. The molecule has 0 saturated carbocycles. The lowest BCUT2D eigenvalue weighted by molar-refractivity contribution is -0.141. The average molecular weight is 616 g/mol. The smallest absolute Gasteiger partial charge is 0.433 e. The average Bonchev–Trinajstić information content (AvgIpc) is 3.41. The summed E-state index contributed by atoms with van der Waals surface area (Å²) in [5.41, 5.74) is -0.491. The summed E-state index contributed by atoms with van der Waals surface area (Å²) in [6.07, 6.45) is 3.28. The fraction of sp³-hybridized carbons (Fsp3) is 0.469. The lowest BCUT2D eigenvalue weighted by Gasteiger charge is -2.41. The standard InChI is InChI=1S/C32H37ClF3N5O2/c1-30(2,3)41-14-12-20(13-15-41)6-9-23-28(33)24-16-21(7-10-25(24)39-29(23)43-5)31(42,27-18-37-19-40(27)4)22-8-11-26(38-17-22)32(34,35)36/h7-8,10-11,16-20,42H,6,9,12-15H2,1-5H3. The number of methoxy groups -OCH3 is 1. The van der Waals surface area contributed by atoms with Crippen molar-refractivity contribution in [2.75, 3.05) is 20.2 Å². The summed E-state index contributed by atoms with van der Waals surface area (Å²) in [7, 11) is 3.28. The highest BCUT2D eigenvalue weighted by atomic mass is 35.5. The van der Waals surface area contributed by atoms with E-state index in [9.17, 15) is 18.3 Å². The van der Waals surface area contributed by atoms with Crippen LogP contribution < -0.4 is 4.74 Å². The van der Waals surface area contributed by atoms with Gasteiger partial charge in [0.15, 0.2) is 5.60 Å². The van der Waals surface area contributed by atoms with Crippen LogP contribution in [0.4, 0.5) is 13.2 Å². The van der Waals surface area contributed by atoms with Crippen LogP contribution >= 0.6 is 11.6 Å². The maximum Gasteiger partial charge on any atom is 0.433 e. The second-order valence-electron chi connectivity index (χ2n) is 12.3. The van der Waals surface area contributed by atoms with Gasteiger partial charge in [0.2, 0.25) is 5.88 Å². The number of likely N-dealkylation sites (tertiary alicyclic amines) is 1. The van der Waals surface area contributed by atoms with Gasteiger partial charge in [-0.25, -0.2) is 9.97 Å². The Hall–Kier alpha value is -3.21. The molecule has 1 N–H and O–H groups in total. The van der Waals surface area contributed by atoms with Crippen LogP contribution in [0, 0.1) is 5.92 Å². The SMILES string of the molecule is COc1nc2ccc(C(O)(c3ccc(C(F)(F)F)nc3)c3cncn3C)cc2c(Cl)c1CCC1CCN(C(C)(C)C)CC1. The second-order valence-corrected chi connectivity index (χ2v) is 12.7. The van der Waals surface area contributed by atoms with Crippen molar-refractivity contribution >= 4 is 22.5 Å². The Kier molecular flexibility index (Phi) is 8.50. The van der Waals surface area contributed by atoms with Crippen LogP contribution in [0.1, 0.15) is 68.1 Å². The molecule has 0 bridgehead atoms. The molecule has 4 heterocycles. The minimum atomic E-state index is -4.61. The van der Waals surface area contributed by atoms with E-state index in [0.29, 0.717) is 45.4 Å². The molecule has 3 aromatic heterocycles. The molecule has 1 aliphatic rings. The second kappa shape index (κ2) is 11.7. The van der Waals surface area contributed by atoms with Crippen LogP contribution in [0.2, 0.25) is 5.02 Å². The van der Waals surface area contributed by atoms with Gasteiger partial charge in [-0.15, -0.1) is 0 Å². The molecule has 0 amide bonds. The number of piperidine rings is 1. The van der Waals surface area contributed by atoms with Crippen LogP contribution in [0.5, 0.6) is 5.88 Å². The van der Waals surface area contributed by atoms with E-state index in [1.54, 1.807) is 36.9 Å². The minimum Gasteiger partial charge on any atom is -0.481 e. The van der Waals surface area contributed by atoms with Gasteiger partial charge in [-0.2, -0.15) is 13.2 Å². The fourth-order valence-corrected chi connectivity index (χ4v) is 6.36. The molecule has 230 valence electrons. The van der Waals surface area contributed by atoms with Gasteiger partial charge in [0.05, 0.1) is 35.9 Å². The molecule has 0 radical (unpaired) electrons. The van der Waals surface area contributed by atoms with E-state index in [1.807, 2.05) is 0 Å². The summed E-state index contributed by atoms with van der Waals surface area (Å²) in [6.45, 7) is 8.86. The molecular formula is C32H37ClF3N5O2. The number of ether oxygens (including phenoxy) is 1. The monoisotopic (exact) mass is 615 g/mol. The summed E-state index contributed by atoms with van der Waals surface area (Å²) in [5.74, 6) is 1.02. The molecule has 5 rings (SSSR count). The highest BCUT2D eigenvalue weighted by molar-refractivity contribution is 6.36. The van der Waals surface area contributed by atoms with Crippen molar-refractivity contribution in [3.8, 4) is 5.88 Å². The topological polar surface area (TPSA) is 76.3 Å². The molecule has 0 aliphatic carbocycles. The number of nitrogens with zero attached hydrogens (tertiary/aromatic N) is 5. The van der Waals surface area contributed by atoms with Crippen LogP contribution in [0.15, 0.2) is 49.1 Å².